The van der Waals surface area contributed by atoms with Crippen molar-refractivity contribution in [3.63, 3.8) is 0 Å². The Kier molecular flexibility index (Phi) is 5.04. The van der Waals surface area contributed by atoms with E-state index < -0.39 is 13.6 Å². The zero-order valence-corrected chi connectivity index (χ0v) is 14.1. The van der Waals surface area contributed by atoms with Crippen LogP contribution in [0.5, 0.6) is 0 Å². The van der Waals surface area contributed by atoms with Crippen LogP contribution in [0.4, 0.5) is 4.39 Å². The number of hydrogen-bond donors (Lipinski definition) is 0. The summed E-state index contributed by atoms with van der Waals surface area (Å²) in [7, 11) is -2.02. The maximum Gasteiger partial charge on any atom is 0.217 e. The monoisotopic (exact) mass is 274 g/mol. The Morgan fingerprint density at radius 1 is 1.11 bits per heavy atom. The number of hydrogen-bond acceptors (Lipinski definition) is 1. The van der Waals surface area contributed by atoms with Crippen molar-refractivity contribution in [2.24, 2.45) is 0 Å². The van der Waals surface area contributed by atoms with E-state index in [1.165, 1.54) is 25.7 Å². The van der Waals surface area contributed by atoms with Gasteiger partial charge in [-0.25, -0.2) is 4.39 Å². The highest BCUT2D eigenvalue weighted by Gasteiger charge is 2.70. The van der Waals surface area contributed by atoms with E-state index in [4.69, 9.17) is 4.74 Å². The molecular weight excluding hydrogens is 243 g/mol. The zero-order chi connectivity index (χ0) is 14.0. The molecule has 1 aliphatic heterocycles. The van der Waals surface area contributed by atoms with Gasteiger partial charge in [-0.15, -0.1) is 0 Å². The smallest absolute Gasteiger partial charge is 0.217 e. The van der Waals surface area contributed by atoms with Gasteiger partial charge in [-0.3, -0.25) is 0 Å². The fourth-order valence-electron chi connectivity index (χ4n) is 2.41. The Labute approximate surface area is 114 Å². The number of alkyl halides is 1. The summed E-state index contributed by atoms with van der Waals surface area (Å²) in [5.41, 5.74) is -1.27. The lowest BCUT2D eigenvalue weighted by atomic mass is 10.1. The zero-order valence-electron chi connectivity index (χ0n) is 13.1. The average Bonchev–Trinajstić information content (AvgIpc) is 2.90. The normalized spacial score (nSPS) is 28.5. The molecule has 1 saturated heterocycles. The molecule has 0 saturated carbocycles. The van der Waals surface area contributed by atoms with Gasteiger partial charge in [0, 0.05) is 0 Å². The van der Waals surface area contributed by atoms with Crippen LogP contribution in [0, 0.1) is 0 Å². The van der Waals surface area contributed by atoms with Gasteiger partial charge >= 0.3 is 0 Å². The molecule has 0 aliphatic carbocycles. The summed E-state index contributed by atoms with van der Waals surface area (Å²) < 4.78 is 20.4. The third-order valence-corrected chi connectivity index (χ3v) is 10.9. The molecule has 0 aromatic carbocycles. The summed E-state index contributed by atoms with van der Waals surface area (Å²) in [6.45, 7) is 12.9. The van der Waals surface area contributed by atoms with Gasteiger partial charge in [0.2, 0.25) is 5.48 Å². The number of halogens is 1. The van der Waals surface area contributed by atoms with Crippen LogP contribution < -0.4 is 0 Å². The molecule has 0 radical (unpaired) electrons. The Morgan fingerprint density at radius 3 is 2.17 bits per heavy atom. The highest BCUT2D eigenvalue weighted by atomic mass is 28.3. The van der Waals surface area contributed by atoms with Gasteiger partial charge in [0.05, 0.1) is 0 Å². The lowest BCUT2D eigenvalue weighted by molar-refractivity contribution is 0.207. The molecule has 2 unspecified atom stereocenters. The van der Waals surface area contributed by atoms with Crippen molar-refractivity contribution < 1.29 is 9.13 Å². The fourth-order valence-corrected chi connectivity index (χ4v) is 4.82. The van der Waals surface area contributed by atoms with Gasteiger partial charge in [0.15, 0.2) is 0 Å². The van der Waals surface area contributed by atoms with Crippen LogP contribution >= 0.6 is 0 Å². The molecule has 1 fully saturated rings. The molecule has 1 heterocycles. The third kappa shape index (κ3) is 3.16. The van der Waals surface area contributed by atoms with Crippen molar-refractivity contribution in [3.8, 4) is 0 Å². The van der Waals surface area contributed by atoms with E-state index in [0.29, 0.717) is 0 Å². The summed E-state index contributed by atoms with van der Waals surface area (Å²) in [6.07, 6.45) is 6.98. The predicted molar refractivity (Wildman–Crippen MR) is 79.3 cm³/mol. The van der Waals surface area contributed by atoms with Gasteiger partial charge in [-0.05, 0) is 11.5 Å². The third-order valence-electron chi connectivity index (χ3n) is 4.97. The van der Waals surface area contributed by atoms with Crippen molar-refractivity contribution in [1.29, 1.82) is 0 Å². The molecule has 0 N–H and O–H groups in total. The van der Waals surface area contributed by atoms with E-state index in [9.17, 15) is 4.39 Å². The van der Waals surface area contributed by atoms with Crippen LogP contribution in [0.3, 0.4) is 0 Å². The first kappa shape index (κ1) is 16.2. The summed E-state index contributed by atoms with van der Waals surface area (Å²) in [5.74, 6) is 0. The molecule has 1 nitrogen and oxygen atoms in total. The predicted octanol–water partition coefficient (Wildman–Crippen LogP) is 5.46. The maximum atomic E-state index is 14.9. The van der Waals surface area contributed by atoms with Crippen LogP contribution in [-0.2, 0) is 4.74 Å². The van der Waals surface area contributed by atoms with E-state index in [0.717, 1.165) is 12.8 Å². The van der Waals surface area contributed by atoms with E-state index >= 15 is 0 Å². The average molecular weight is 274 g/mol. The molecule has 0 aromatic rings. The Hall–Kier alpha value is 0.107. The summed E-state index contributed by atoms with van der Waals surface area (Å²) in [5, 5.41) is 0.0543. The molecular formula is C15H31FOSi. The molecule has 0 bridgehead atoms. The van der Waals surface area contributed by atoms with Crippen LogP contribution in [0.2, 0.25) is 18.1 Å². The molecule has 0 spiro atoms. The van der Waals surface area contributed by atoms with Gasteiger partial charge in [0.1, 0.15) is 14.2 Å². The number of unbranched alkanes of at least 4 members (excludes halogenated alkanes) is 4. The first-order valence-electron chi connectivity index (χ1n) is 7.53. The van der Waals surface area contributed by atoms with E-state index in [-0.39, 0.29) is 11.1 Å². The molecule has 0 aromatic heterocycles. The van der Waals surface area contributed by atoms with E-state index in [2.05, 4.69) is 40.8 Å². The number of epoxide rings is 1. The second kappa shape index (κ2) is 5.62. The summed E-state index contributed by atoms with van der Waals surface area (Å²) in [6, 6.07) is 0. The highest BCUT2D eigenvalue weighted by Crippen LogP contribution is 2.56. The minimum Gasteiger partial charge on any atom is -0.338 e. The van der Waals surface area contributed by atoms with Gasteiger partial charge in [0.25, 0.3) is 0 Å². The number of ether oxygens (including phenoxy) is 1. The van der Waals surface area contributed by atoms with Crippen molar-refractivity contribution in [1.82, 2.24) is 0 Å². The SMILES string of the molecule is CCCCCCCC1OC1(F)[Si](C)(C)C(C)(C)C. The second-order valence-corrected chi connectivity index (χ2v) is 12.8. The number of rotatable bonds is 7. The van der Waals surface area contributed by atoms with Gasteiger partial charge in [-0.1, -0.05) is 72.9 Å². The lowest BCUT2D eigenvalue weighted by Gasteiger charge is -2.37. The van der Waals surface area contributed by atoms with Crippen LogP contribution in [0.25, 0.3) is 0 Å². The van der Waals surface area contributed by atoms with Gasteiger partial charge in [-0.2, -0.15) is 0 Å². The molecule has 1 rings (SSSR count). The fraction of sp³-hybridized carbons (Fsp3) is 1.00. The van der Waals surface area contributed by atoms with Crippen LogP contribution in [-0.4, -0.2) is 19.7 Å². The van der Waals surface area contributed by atoms with Crippen LogP contribution in [0.1, 0.15) is 66.2 Å². The Balaban J connectivity index is 2.37. The van der Waals surface area contributed by atoms with Gasteiger partial charge < -0.3 is 4.74 Å². The van der Waals surface area contributed by atoms with Crippen LogP contribution in [0.15, 0.2) is 0 Å². The standard InChI is InChI=1S/C15H31FOSi/c1-7-8-9-10-11-12-13-15(16,17-13)18(5,6)14(2,3)4/h13H,7-12H2,1-6H3. The molecule has 3 heteroatoms. The second-order valence-electron chi connectivity index (χ2n) is 7.33. The first-order valence-corrected chi connectivity index (χ1v) is 10.5. The molecule has 0 amide bonds. The topological polar surface area (TPSA) is 12.5 Å². The largest absolute Gasteiger partial charge is 0.338 e. The van der Waals surface area contributed by atoms with Crippen molar-refractivity contribution in [3.05, 3.63) is 0 Å². The maximum absolute atomic E-state index is 14.9. The van der Waals surface area contributed by atoms with Crippen molar-refractivity contribution >= 4 is 8.07 Å². The minimum atomic E-state index is -2.02. The molecule has 1 aliphatic rings. The molecule has 2 atom stereocenters. The lowest BCUT2D eigenvalue weighted by Crippen LogP contribution is -2.51. The Bertz CT molecular complexity index is 272. The highest BCUT2D eigenvalue weighted by molar-refractivity contribution is 6.83. The van der Waals surface area contributed by atoms with Crippen molar-refractivity contribution in [2.75, 3.05) is 0 Å². The van der Waals surface area contributed by atoms with Crippen molar-refractivity contribution in [2.45, 2.75) is 95.9 Å². The Morgan fingerprint density at radius 2 is 1.67 bits per heavy atom. The molecule has 18 heavy (non-hydrogen) atoms. The van der Waals surface area contributed by atoms with E-state index in [1.54, 1.807) is 0 Å². The van der Waals surface area contributed by atoms with E-state index in [1.807, 2.05) is 0 Å². The summed E-state index contributed by atoms with van der Waals surface area (Å²) >= 11 is 0. The first-order chi connectivity index (χ1) is 8.17. The minimum absolute atomic E-state index is 0.0543. The summed E-state index contributed by atoms with van der Waals surface area (Å²) in [4.78, 5) is 0. The quantitative estimate of drug-likeness (QED) is 0.341. The molecule has 108 valence electrons.